The first-order chi connectivity index (χ1) is 22.1. The van der Waals surface area contributed by atoms with Gasteiger partial charge in [-0.1, -0.05) is 0 Å². The Bertz CT molecular complexity index is 2300. The van der Waals surface area contributed by atoms with Gasteiger partial charge in [-0.25, -0.2) is 17.9 Å². The van der Waals surface area contributed by atoms with Crippen molar-refractivity contribution in [1.29, 1.82) is 0 Å². The van der Waals surface area contributed by atoms with Crippen LogP contribution in [0.15, 0.2) is 96.3 Å². The molecule has 0 spiro atoms. The minimum Gasteiger partial charge on any atom is -0.454 e. The molecule has 4 heterocycles. The van der Waals surface area contributed by atoms with Crippen LogP contribution >= 0.6 is 0 Å². The molecule has 0 fully saturated rings. The predicted molar refractivity (Wildman–Crippen MR) is 155 cm³/mol. The SMILES string of the molecule is O=C(Nc1ccc(Oc2cc3cnn4ccc(c2-c2cn[nH]c2)c34)c(F)c1)c1ccc(OC(F)(F)F)n(-c2ccc(F)cc2)c1=O. The lowest BCUT2D eigenvalue weighted by atomic mass is 10.0. The van der Waals surface area contributed by atoms with E-state index in [2.05, 4.69) is 25.3 Å². The number of aromatic amines is 1. The highest BCUT2D eigenvalue weighted by Gasteiger charge is 2.33. The van der Waals surface area contributed by atoms with E-state index in [4.69, 9.17) is 4.74 Å². The van der Waals surface area contributed by atoms with Crippen LogP contribution in [0.2, 0.25) is 0 Å². The Morgan fingerprint density at radius 3 is 2.46 bits per heavy atom. The van der Waals surface area contributed by atoms with E-state index in [-0.39, 0.29) is 17.1 Å². The molecule has 7 rings (SSSR count). The zero-order chi connectivity index (χ0) is 32.2. The third-order valence-electron chi connectivity index (χ3n) is 7.06. The normalized spacial score (nSPS) is 11.8. The second-order valence-corrected chi connectivity index (χ2v) is 9.94. The van der Waals surface area contributed by atoms with Gasteiger partial charge in [0.25, 0.3) is 11.5 Å². The lowest BCUT2D eigenvalue weighted by molar-refractivity contribution is -0.276. The molecule has 46 heavy (non-hydrogen) atoms. The number of nitrogens with zero attached hydrogens (tertiary/aromatic N) is 4. The summed E-state index contributed by atoms with van der Waals surface area (Å²) in [5.41, 5.74) is 0.118. The Morgan fingerprint density at radius 1 is 0.935 bits per heavy atom. The zero-order valence-electron chi connectivity index (χ0n) is 23.0. The van der Waals surface area contributed by atoms with Gasteiger partial charge in [0.15, 0.2) is 11.6 Å². The van der Waals surface area contributed by atoms with Gasteiger partial charge in [-0.3, -0.25) is 14.7 Å². The summed E-state index contributed by atoms with van der Waals surface area (Å²) < 4.78 is 80.1. The van der Waals surface area contributed by atoms with Crippen molar-refractivity contribution in [3.63, 3.8) is 0 Å². The standard InChI is InChI=1S/C31H17F5N6O4/c32-18-1-4-20(5-2-18)42-26(46-31(34,35)36)8-6-22(30(42)44)29(43)40-19-3-7-24(23(33)12-19)45-25-11-16-15-39-41-10-9-21(28(16)41)27(25)17-13-37-38-14-17/h1-15H,(H,37,38)(H,40,43). The number of benzene rings is 3. The van der Waals surface area contributed by atoms with Gasteiger partial charge >= 0.3 is 6.36 Å². The van der Waals surface area contributed by atoms with Gasteiger partial charge in [0.2, 0.25) is 5.88 Å². The average Bonchev–Trinajstić information content (AvgIpc) is 3.77. The number of alkyl halides is 3. The molecule has 0 radical (unpaired) electrons. The molecule has 3 aromatic carbocycles. The number of hydrogen-bond donors (Lipinski definition) is 2. The number of ether oxygens (including phenoxy) is 2. The molecule has 10 nitrogen and oxygen atoms in total. The number of hydrogen-bond acceptors (Lipinski definition) is 6. The molecule has 0 aliphatic heterocycles. The van der Waals surface area contributed by atoms with Gasteiger partial charge in [0.05, 0.1) is 23.6 Å². The van der Waals surface area contributed by atoms with Crippen molar-refractivity contribution in [2.45, 2.75) is 6.36 Å². The van der Waals surface area contributed by atoms with E-state index in [9.17, 15) is 27.2 Å². The predicted octanol–water partition coefficient (Wildman–Crippen LogP) is 6.69. The summed E-state index contributed by atoms with van der Waals surface area (Å²) in [5, 5.41) is 15.0. The van der Waals surface area contributed by atoms with Crippen molar-refractivity contribution < 1.29 is 36.2 Å². The minimum atomic E-state index is -5.17. The maximum absolute atomic E-state index is 15.4. The van der Waals surface area contributed by atoms with Crippen molar-refractivity contribution >= 4 is 27.9 Å². The monoisotopic (exact) mass is 632 g/mol. The highest BCUT2D eigenvalue weighted by Crippen LogP contribution is 2.42. The summed E-state index contributed by atoms with van der Waals surface area (Å²) in [7, 11) is 0. The summed E-state index contributed by atoms with van der Waals surface area (Å²) in [6.07, 6.45) is 1.53. The summed E-state index contributed by atoms with van der Waals surface area (Å²) in [4.78, 5) is 26.3. The van der Waals surface area contributed by atoms with Crippen LogP contribution in [-0.2, 0) is 0 Å². The molecule has 0 saturated heterocycles. The minimum absolute atomic E-state index is 0.0773. The lowest BCUT2D eigenvalue weighted by Gasteiger charge is -2.16. The summed E-state index contributed by atoms with van der Waals surface area (Å²) >= 11 is 0. The smallest absolute Gasteiger partial charge is 0.454 e. The summed E-state index contributed by atoms with van der Waals surface area (Å²) in [6, 6.07) is 12.6. The van der Waals surface area contributed by atoms with Crippen LogP contribution in [0, 0.1) is 11.6 Å². The van der Waals surface area contributed by atoms with Gasteiger partial charge in [0, 0.05) is 52.1 Å². The lowest BCUT2D eigenvalue weighted by Crippen LogP contribution is -2.31. The van der Waals surface area contributed by atoms with Gasteiger partial charge in [-0.2, -0.15) is 10.2 Å². The molecule has 0 bridgehead atoms. The number of anilines is 1. The van der Waals surface area contributed by atoms with Crippen molar-refractivity contribution in [3.05, 3.63) is 119 Å². The third kappa shape index (κ3) is 5.12. The molecular weight excluding hydrogens is 615 g/mol. The Kier molecular flexibility index (Phi) is 6.65. The number of amides is 1. The van der Waals surface area contributed by atoms with Crippen LogP contribution in [-0.4, -0.2) is 36.6 Å². The Balaban J connectivity index is 1.19. The highest BCUT2D eigenvalue weighted by molar-refractivity contribution is 6.07. The molecule has 15 heteroatoms. The number of nitrogens with one attached hydrogen (secondary N) is 2. The van der Waals surface area contributed by atoms with Crippen LogP contribution in [0.1, 0.15) is 10.4 Å². The Morgan fingerprint density at radius 2 is 1.74 bits per heavy atom. The van der Waals surface area contributed by atoms with Crippen molar-refractivity contribution in [2.75, 3.05) is 5.32 Å². The maximum Gasteiger partial charge on any atom is 0.574 e. The fourth-order valence-electron chi connectivity index (χ4n) is 5.12. The molecule has 0 aliphatic carbocycles. The van der Waals surface area contributed by atoms with E-state index in [1.54, 1.807) is 35.4 Å². The van der Waals surface area contributed by atoms with Crippen LogP contribution in [0.4, 0.5) is 27.6 Å². The topological polar surface area (TPSA) is 116 Å². The fraction of sp³-hybridized carbons (Fsp3) is 0.0323. The Hall–Kier alpha value is -6.25. The molecule has 0 unspecified atom stereocenters. The van der Waals surface area contributed by atoms with E-state index >= 15 is 4.39 Å². The second kappa shape index (κ2) is 10.7. The van der Waals surface area contributed by atoms with Gasteiger partial charge in [0.1, 0.15) is 17.1 Å². The molecule has 7 aromatic rings. The van der Waals surface area contributed by atoms with Crippen molar-refractivity contribution in [2.24, 2.45) is 0 Å². The summed E-state index contributed by atoms with van der Waals surface area (Å²) in [5.74, 6) is -3.45. The molecule has 4 aromatic heterocycles. The number of H-pyrrole nitrogens is 1. The third-order valence-corrected chi connectivity index (χ3v) is 7.06. The molecule has 0 atom stereocenters. The highest BCUT2D eigenvalue weighted by atomic mass is 19.4. The molecule has 0 aliphatic rings. The number of carbonyl (C=O) groups excluding carboxylic acids is 1. The Labute approximate surface area is 253 Å². The fourth-order valence-corrected chi connectivity index (χ4v) is 5.12. The zero-order valence-corrected chi connectivity index (χ0v) is 23.0. The van der Waals surface area contributed by atoms with E-state index < -0.39 is 40.9 Å². The number of halogens is 5. The average molecular weight is 633 g/mol. The van der Waals surface area contributed by atoms with Gasteiger partial charge in [-0.15, -0.1) is 13.2 Å². The van der Waals surface area contributed by atoms with Crippen LogP contribution in [0.25, 0.3) is 33.1 Å². The molecule has 1 amide bonds. The maximum atomic E-state index is 15.4. The van der Waals surface area contributed by atoms with Crippen LogP contribution in [0.3, 0.4) is 0 Å². The first-order valence-corrected chi connectivity index (χ1v) is 13.3. The number of aromatic nitrogens is 5. The quantitative estimate of drug-likeness (QED) is 0.189. The molecule has 2 N–H and O–H groups in total. The molecule has 0 saturated carbocycles. The number of pyridine rings is 1. The van der Waals surface area contributed by atoms with Gasteiger partial charge < -0.3 is 14.8 Å². The second-order valence-electron chi connectivity index (χ2n) is 9.94. The van der Waals surface area contributed by atoms with Crippen molar-refractivity contribution in [1.82, 2.24) is 24.4 Å². The number of rotatable bonds is 7. The van der Waals surface area contributed by atoms with Crippen LogP contribution < -0.4 is 20.3 Å². The first kappa shape index (κ1) is 28.5. The van der Waals surface area contributed by atoms with Crippen LogP contribution in [0.5, 0.6) is 17.4 Å². The number of carbonyl (C=O) groups is 1. The largest absolute Gasteiger partial charge is 0.574 e. The molecule has 230 valence electrons. The van der Waals surface area contributed by atoms with E-state index in [0.29, 0.717) is 21.4 Å². The summed E-state index contributed by atoms with van der Waals surface area (Å²) in [6.45, 7) is 0. The first-order valence-electron chi connectivity index (χ1n) is 13.3. The van der Waals surface area contributed by atoms with E-state index in [0.717, 1.165) is 58.8 Å². The van der Waals surface area contributed by atoms with Crippen molar-refractivity contribution in [3.8, 4) is 34.2 Å². The van der Waals surface area contributed by atoms with E-state index in [1.165, 1.54) is 12.1 Å². The van der Waals surface area contributed by atoms with Gasteiger partial charge in [-0.05, 0) is 54.6 Å². The molecular formula is C31H17F5N6O4. The van der Waals surface area contributed by atoms with E-state index in [1.807, 2.05) is 6.07 Å².